The minimum atomic E-state index is -1.45. The minimum absolute atomic E-state index is 0.217. The average molecular weight is 322 g/mol. The lowest BCUT2D eigenvalue weighted by atomic mass is 9.92. The Morgan fingerprint density at radius 3 is 2.36 bits per heavy atom. The summed E-state index contributed by atoms with van der Waals surface area (Å²) in [7, 11) is -0.827. The normalized spacial score (nSPS) is 18.4. The number of benzene rings is 1. The fraction of sp³-hybridized carbons (Fsp3) is 0.529. The molecule has 0 bridgehead atoms. The van der Waals surface area contributed by atoms with Gasteiger partial charge in [0.25, 0.3) is 0 Å². The van der Waals surface area contributed by atoms with E-state index in [0.29, 0.717) is 0 Å². The van der Waals surface area contributed by atoms with Crippen molar-refractivity contribution < 1.29 is 19.4 Å². The molecule has 1 heterocycles. The van der Waals surface area contributed by atoms with Crippen LogP contribution in [-0.4, -0.2) is 34.7 Å². The molecule has 1 aliphatic rings. The smallest absolute Gasteiger partial charge is 0.348 e. The van der Waals surface area contributed by atoms with Gasteiger partial charge >= 0.3 is 11.7 Å². The predicted molar refractivity (Wildman–Crippen MR) is 87.8 cm³/mol. The third-order valence-corrected chi connectivity index (χ3v) is 6.51. The first-order valence-electron chi connectivity index (χ1n) is 7.82. The van der Waals surface area contributed by atoms with Gasteiger partial charge in [0, 0.05) is 14.3 Å². The molecular formula is C17H23O4P. The first-order valence-corrected chi connectivity index (χ1v) is 9.54. The monoisotopic (exact) mass is 322 g/mol. The van der Waals surface area contributed by atoms with Crippen molar-refractivity contribution >= 4 is 19.6 Å². The second-order valence-electron chi connectivity index (χ2n) is 5.73. The van der Waals surface area contributed by atoms with Gasteiger partial charge in [-0.2, -0.15) is 0 Å². The molecule has 1 saturated heterocycles. The molecule has 1 fully saturated rings. The molecule has 0 aliphatic carbocycles. The van der Waals surface area contributed by atoms with E-state index in [0.717, 1.165) is 37.1 Å². The van der Waals surface area contributed by atoms with Crippen LogP contribution in [0.3, 0.4) is 0 Å². The summed E-state index contributed by atoms with van der Waals surface area (Å²) in [5, 5.41) is 9.66. The lowest BCUT2D eigenvalue weighted by Crippen LogP contribution is -2.44. The van der Waals surface area contributed by atoms with Crippen LogP contribution in [-0.2, 0) is 16.0 Å². The summed E-state index contributed by atoms with van der Waals surface area (Å²) < 4.78 is 5.58. The SMILES string of the molecule is CCC(Cc1ccccc1)(OC(=O)P1CCCCC1)C(=O)O. The molecule has 0 amide bonds. The van der Waals surface area contributed by atoms with Crippen molar-refractivity contribution in [1.29, 1.82) is 0 Å². The highest BCUT2D eigenvalue weighted by molar-refractivity contribution is 7.74. The molecule has 1 aliphatic heterocycles. The van der Waals surface area contributed by atoms with Gasteiger partial charge in [0.1, 0.15) is 0 Å². The van der Waals surface area contributed by atoms with Crippen LogP contribution >= 0.6 is 7.92 Å². The maximum Gasteiger partial charge on any atom is 0.348 e. The van der Waals surface area contributed by atoms with Gasteiger partial charge in [0.05, 0.1) is 0 Å². The zero-order valence-electron chi connectivity index (χ0n) is 13.0. The van der Waals surface area contributed by atoms with Crippen LogP contribution < -0.4 is 0 Å². The molecule has 4 nitrogen and oxygen atoms in total. The maximum absolute atomic E-state index is 12.4. The number of ether oxygens (including phenoxy) is 1. The Kier molecular flexibility index (Phi) is 5.96. The summed E-state index contributed by atoms with van der Waals surface area (Å²) in [6.45, 7) is 1.76. The van der Waals surface area contributed by atoms with Crippen molar-refractivity contribution in [2.24, 2.45) is 0 Å². The number of carboxylic acids is 1. The lowest BCUT2D eigenvalue weighted by Gasteiger charge is -2.31. The first kappa shape index (κ1) is 17.0. The van der Waals surface area contributed by atoms with Gasteiger partial charge in [-0.1, -0.05) is 43.7 Å². The first-order chi connectivity index (χ1) is 10.6. The number of rotatable bonds is 6. The Hall–Kier alpha value is -1.41. The topological polar surface area (TPSA) is 63.6 Å². The minimum Gasteiger partial charge on any atom is -0.478 e. The summed E-state index contributed by atoms with van der Waals surface area (Å²) in [5.74, 6) is -1.06. The molecule has 1 aromatic rings. The summed E-state index contributed by atoms with van der Waals surface area (Å²) in [4.78, 5) is 24.2. The van der Waals surface area contributed by atoms with Gasteiger partial charge in [-0.05, 0) is 37.1 Å². The van der Waals surface area contributed by atoms with Gasteiger partial charge in [-0.15, -0.1) is 0 Å². The second-order valence-corrected chi connectivity index (χ2v) is 8.07. The van der Waals surface area contributed by atoms with Crippen molar-refractivity contribution in [3.05, 3.63) is 35.9 Å². The molecule has 120 valence electrons. The van der Waals surface area contributed by atoms with Crippen molar-refractivity contribution in [2.75, 3.05) is 12.3 Å². The van der Waals surface area contributed by atoms with E-state index in [1.54, 1.807) is 6.92 Å². The van der Waals surface area contributed by atoms with Crippen molar-refractivity contribution in [3.8, 4) is 0 Å². The lowest BCUT2D eigenvalue weighted by molar-refractivity contribution is -0.158. The van der Waals surface area contributed by atoms with Gasteiger partial charge < -0.3 is 9.84 Å². The molecular weight excluding hydrogens is 299 g/mol. The Morgan fingerprint density at radius 1 is 1.18 bits per heavy atom. The van der Waals surface area contributed by atoms with Gasteiger partial charge in [0.15, 0.2) is 0 Å². The summed E-state index contributed by atoms with van der Waals surface area (Å²) in [6, 6.07) is 9.35. The molecule has 1 atom stereocenters. The van der Waals surface area contributed by atoms with Crippen LogP contribution in [0.2, 0.25) is 0 Å². The number of carboxylic acid groups (broad SMARTS) is 1. The highest BCUT2D eigenvalue weighted by atomic mass is 31.1. The van der Waals surface area contributed by atoms with Crippen LogP contribution in [0.15, 0.2) is 30.3 Å². The number of hydrogen-bond acceptors (Lipinski definition) is 3. The van der Waals surface area contributed by atoms with Crippen molar-refractivity contribution in [3.63, 3.8) is 0 Å². The quantitative estimate of drug-likeness (QED) is 0.795. The van der Waals surface area contributed by atoms with Crippen LogP contribution in [0.1, 0.15) is 38.2 Å². The Balaban J connectivity index is 2.14. The van der Waals surface area contributed by atoms with E-state index < -0.39 is 19.5 Å². The average Bonchev–Trinajstić information content (AvgIpc) is 2.55. The number of carbonyl (C=O) groups is 2. The highest BCUT2D eigenvalue weighted by Gasteiger charge is 2.42. The third-order valence-electron chi connectivity index (χ3n) is 4.19. The van der Waals surface area contributed by atoms with Crippen LogP contribution in [0.4, 0.5) is 4.79 Å². The molecule has 22 heavy (non-hydrogen) atoms. The third kappa shape index (κ3) is 4.07. The molecule has 0 spiro atoms. The van der Waals surface area contributed by atoms with E-state index >= 15 is 0 Å². The van der Waals surface area contributed by atoms with E-state index in [2.05, 4.69) is 0 Å². The second kappa shape index (κ2) is 7.73. The number of aliphatic carboxylic acids is 1. The molecule has 0 radical (unpaired) electrons. The van der Waals surface area contributed by atoms with Crippen LogP contribution in [0, 0.1) is 0 Å². The van der Waals surface area contributed by atoms with Gasteiger partial charge in [-0.25, -0.2) is 9.59 Å². The van der Waals surface area contributed by atoms with Gasteiger partial charge in [0.2, 0.25) is 5.60 Å². The molecule has 0 saturated carbocycles. The summed E-state index contributed by atoms with van der Waals surface area (Å²) >= 11 is 0. The Labute approximate surface area is 132 Å². The molecule has 0 aromatic heterocycles. The van der Waals surface area contributed by atoms with Crippen molar-refractivity contribution in [1.82, 2.24) is 0 Å². The number of hydrogen-bond donors (Lipinski definition) is 1. The molecule has 1 aromatic carbocycles. The standard InChI is InChI=1S/C17H23O4P/c1-2-17(15(18)19,13-14-9-5-3-6-10-14)21-16(20)22-11-7-4-8-12-22/h3,5-6,9-10H,2,4,7-8,11-13H2,1H3,(H,18,19). The fourth-order valence-electron chi connectivity index (χ4n) is 2.74. The molecule has 1 N–H and O–H groups in total. The van der Waals surface area contributed by atoms with E-state index in [9.17, 15) is 14.7 Å². The molecule has 1 unspecified atom stereocenters. The highest BCUT2D eigenvalue weighted by Crippen LogP contribution is 2.45. The number of carbonyl (C=O) groups excluding carboxylic acids is 1. The van der Waals surface area contributed by atoms with Crippen LogP contribution in [0.5, 0.6) is 0 Å². The van der Waals surface area contributed by atoms with E-state index in [1.165, 1.54) is 0 Å². The zero-order valence-corrected chi connectivity index (χ0v) is 13.9. The predicted octanol–water partition coefficient (Wildman–Crippen LogP) is 4.26. The summed E-state index contributed by atoms with van der Waals surface area (Å²) in [5.41, 5.74) is -0.857. The summed E-state index contributed by atoms with van der Waals surface area (Å²) in [6.07, 6.45) is 5.49. The van der Waals surface area contributed by atoms with Crippen LogP contribution in [0.25, 0.3) is 0 Å². The molecule has 2 rings (SSSR count). The van der Waals surface area contributed by atoms with Crippen molar-refractivity contribution in [2.45, 2.75) is 44.6 Å². The largest absolute Gasteiger partial charge is 0.478 e. The van der Waals surface area contributed by atoms with E-state index in [1.807, 2.05) is 30.3 Å². The zero-order chi connectivity index (χ0) is 16.0. The Bertz CT molecular complexity index is 511. The Morgan fingerprint density at radius 2 is 1.82 bits per heavy atom. The maximum atomic E-state index is 12.4. The van der Waals surface area contributed by atoms with E-state index in [-0.39, 0.29) is 18.6 Å². The fourth-order valence-corrected chi connectivity index (χ4v) is 4.84. The van der Waals surface area contributed by atoms with E-state index in [4.69, 9.17) is 4.74 Å². The molecule has 5 heteroatoms. The van der Waals surface area contributed by atoms with Gasteiger partial charge in [-0.3, -0.25) is 0 Å².